The van der Waals surface area contributed by atoms with Gasteiger partial charge in [-0.1, -0.05) is 13.8 Å². The fourth-order valence-electron chi connectivity index (χ4n) is 2.68. The topological polar surface area (TPSA) is 12.0 Å². The Balaban J connectivity index is 2.07. The molecule has 1 nitrogen and oxygen atoms in total. The smallest absolute Gasteiger partial charge is 0.118 e. The molecule has 4 atom stereocenters. The number of rotatable bonds is 1. The second-order valence-electron chi connectivity index (χ2n) is 4.64. The summed E-state index contributed by atoms with van der Waals surface area (Å²) >= 11 is 0. The SMILES string of the molecule is CC(C)[C@H]1C[C@@H]2CC[C@@H](N2)C1F. The maximum Gasteiger partial charge on any atom is 0.118 e. The van der Waals surface area contributed by atoms with Crippen LogP contribution >= 0.6 is 0 Å². The van der Waals surface area contributed by atoms with Crippen molar-refractivity contribution in [3.8, 4) is 0 Å². The minimum absolute atomic E-state index is 0.177. The number of hydrogen-bond acceptors (Lipinski definition) is 1. The third kappa shape index (κ3) is 1.26. The summed E-state index contributed by atoms with van der Waals surface area (Å²) in [5, 5.41) is 3.35. The molecule has 2 aliphatic heterocycles. The molecule has 2 heteroatoms. The molecule has 2 aliphatic rings. The minimum Gasteiger partial charge on any atom is -0.308 e. The molecule has 2 saturated heterocycles. The molecule has 0 saturated carbocycles. The van der Waals surface area contributed by atoms with E-state index in [9.17, 15) is 4.39 Å². The highest BCUT2D eigenvalue weighted by molar-refractivity contribution is 4.98. The van der Waals surface area contributed by atoms with Crippen LogP contribution in [0.15, 0.2) is 0 Å². The molecule has 1 unspecified atom stereocenters. The van der Waals surface area contributed by atoms with Crippen molar-refractivity contribution in [1.82, 2.24) is 5.32 Å². The summed E-state index contributed by atoms with van der Waals surface area (Å²) in [5.41, 5.74) is 0. The molecule has 0 aliphatic carbocycles. The Morgan fingerprint density at radius 2 is 2.08 bits per heavy atom. The Morgan fingerprint density at radius 3 is 2.75 bits per heavy atom. The average Bonchev–Trinajstić information content (AvgIpc) is 2.41. The molecule has 70 valence electrons. The molecule has 2 heterocycles. The van der Waals surface area contributed by atoms with Crippen LogP contribution in [0.2, 0.25) is 0 Å². The molecular weight excluding hydrogens is 153 g/mol. The van der Waals surface area contributed by atoms with Gasteiger partial charge in [-0.25, -0.2) is 4.39 Å². The van der Waals surface area contributed by atoms with Gasteiger partial charge in [0.05, 0.1) is 0 Å². The molecule has 0 radical (unpaired) electrons. The summed E-state index contributed by atoms with van der Waals surface area (Å²) < 4.78 is 13.7. The molecule has 0 aromatic heterocycles. The quantitative estimate of drug-likeness (QED) is 0.637. The monoisotopic (exact) mass is 171 g/mol. The van der Waals surface area contributed by atoms with Crippen molar-refractivity contribution < 1.29 is 4.39 Å². The van der Waals surface area contributed by atoms with Crippen LogP contribution in [0, 0.1) is 11.8 Å². The van der Waals surface area contributed by atoms with E-state index in [0.717, 1.165) is 12.8 Å². The van der Waals surface area contributed by atoms with Crippen LogP contribution in [0.1, 0.15) is 33.1 Å². The van der Waals surface area contributed by atoms with Gasteiger partial charge >= 0.3 is 0 Å². The van der Waals surface area contributed by atoms with Crippen LogP contribution < -0.4 is 5.32 Å². The Kier molecular flexibility index (Phi) is 2.11. The molecule has 0 amide bonds. The highest BCUT2D eigenvalue weighted by Gasteiger charge is 2.42. The van der Waals surface area contributed by atoms with E-state index in [0.29, 0.717) is 17.9 Å². The van der Waals surface area contributed by atoms with Gasteiger partial charge in [0.1, 0.15) is 6.17 Å². The first kappa shape index (κ1) is 8.49. The molecule has 12 heavy (non-hydrogen) atoms. The Hall–Kier alpha value is -0.110. The lowest BCUT2D eigenvalue weighted by Gasteiger charge is -2.35. The molecule has 2 fully saturated rings. The van der Waals surface area contributed by atoms with Gasteiger partial charge in [0, 0.05) is 12.1 Å². The van der Waals surface area contributed by atoms with Crippen molar-refractivity contribution in [3.63, 3.8) is 0 Å². The summed E-state index contributed by atoms with van der Waals surface area (Å²) in [5.74, 6) is 0.814. The lowest BCUT2D eigenvalue weighted by atomic mass is 9.82. The second kappa shape index (κ2) is 2.99. The summed E-state index contributed by atoms with van der Waals surface area (Å²) in [6, 6.07) is 0.797. The maximum absolute atomic E-state index is 13.7. The molecule has 0 aromatic carbocycles. The van der Waals surface area contributed by atoms with Gasteiger partial charge in [-0.15, -0.1) is 0 Å². The first-order valence-electron chi connectivity index (χ1n) is 5.08. The second-order valence-corrected chi connectivity index (χ2v) is 4.64. The first-order chi connectivity index (χ1) is 5.68. The fraction of sp³-hybridized carbons (Fsp3) is 1.00. The van der Waals surface area contributed by atoms with Crippen LogP contribution in [0.25, 0.3) is 0 Å². The Bertz CT molecular complexity index is 169. The molecule has 2 bridgehead atoms. The average molecular weight is 171 g/mol. The fourth-order valence-corrected chi connectivity index (χ4v) is 2.68. The Morgan fingerprint density at radius 1 is 1.33 bits per heavy atom. The van der Waals surface area contributed by atoms with Crippen LogP contribution in [-0.4, -0.2) is 18.3 Å². The van der Waals surface area contributed by atoms with E-state index in [1.165, 1.54) is 6.42 Å². The molecule has 0 spiro atoms. The molecule has 0 aromatic rings. The highest BCUT2D eigenvalue weighted by Crippen LogP contribution is 2.36. The predicted molar refractivity (Wildman–Crippen MR) is 47.8 cm³/mol. The van der Waals surface area contributed by atoms with Crippen molar-refractivity contribution in [2.24, 2.45) is 11.8 Å². The number of nitrogens with one attached hydrogen (secondary N) is 1. The largest absolute Gasteiger partial charge is 0.308 e. The Labute approximate surface area is 73.7 Å². The van der Waals surface area contributed by atoms with Crippen LogP contribution in [-0.2, 0) is 0 Å². The normalized spacial score (nSPS) is 47.0. The van der Waals surface area contributed by atoms with Crippen molar-refractivity contribution in [2.75, 3.05) is 0 Å². The van der Waals surface area contributed by atoms with E-state index in [-0.39, 0.29) is 6.04 Å². The van der Waals surface area contributed by atoms with E-state index < -0.39 is 6.17 Å². The van der Waals surface area contributed by atoms with Crippen LogP contribution in [0.4, 0.5) is 4.39 Å². The van der Waals surface area contributed by atoms with Crippen LogP contribution in [0.5, 0.6) is 0 Å². The maximum atomic E-state index is 13.7. The van der Waals surface area contributed by atoms with Gasteiger partial charge in [-0.3, -0.25) is 0 Å². The van der Waals surface area contributed by atoms with E-state index in [1.807, 2.05) is 0 Å². The summed E-state index contributed by atoms with van der Waals surface area (Å²) in [6.07, 6.45) is 2.70. The number of fused-ring (bicyclic) bond motifs is 2. The molecule has 1 N–H and O–H groups in total. The van der Waals surface area contributed by atoms with Crippen molar-refractivity contribution in [1.29, 1.82) is 0 Å². The van der Waals surface area contributed by atoms with Gasteiger partial charge < -0.3 is 5.32 Å². The third-order valence-corrected chi connectivity index (χ3v) is 3.48. The summed E-state index contributed by atoms with van der Waals surface area (Å²) in [6.45, 7) is 4.28. The summed E-state index contributed by atoms with van der Waals surface area (Å²) in [7, 11) is 0. The zero-order chi connectivity index (χ0) is 8.72. The lowest BCUT2D eigenvalue weighted by Crippen LogP contribution is -2.48. The van der Waals surface area contributed by atoms with Gasteiger partial charge in [0.15, 0.2) is 0 Å². The van der Waals surface area contributed by atoms with Gasteiger partial charge in [-0.05, 0) is 31.1 Å². The summed E-state index contributed by atoms with van der Waals surface area (Å²) in [4.78, 5) is 0. The number of alkyl halides is 1. The van der Waals surface area contributed by atoms with E-state index in [1.54, 1.807) is 0 Å². The van der Waals surface area contributed by atoms with Crippen molar-refractivity contribution >= 4 is 0 Å². The highest BCUT2D eigenvalue weighted by atomic mass is 19.1. The van der Waals surface area contributed by atoms with Gasteiger partial charge in [0.25, 0.3) is 0 Å². The number of hydrogen-bond donors (Lipinski definition) is 1. The first-order valence-corrected chi connectivity index (χ1v) is 5.08. The third-order valence-electron chi connectivity index (χ3n) is 3.48. The van der Waals surface area contributed by atoms with Gasteiger partial charge in [-0.2, -0.15) is 0 Å². The zero-order valence-corrected chi connectivity index (χ0v) is 7.89. The zero-order valence-electron chi connectivity index (χ0n) is 7.89. The van der Waals surface area contributed by atoms with Crippen LogP contribution in [0.3, 0.4) is 0 Å². The van der Waals surface area contributed by atoms with E-state index in [2.05, 4.69) is 19.2 Å². The standard InChI is InChI=1S/C10H18FN/c1-6(2)8-5-7-3-4-9(12-7)10(8)11/h6-10,12H,3-5H2,1-2H3/t7-,8+,9+,10?/m0/s1. The van der Waals surface area contributed by atoms with Crippen molar-refractivity contribution in [3.05, 3.63) is 0 Å². The lowest BCUT2D eigenvalue weighted by molar-refractivity contribution is 0.0999. The number of halogens is 1. The van der Waals surface area contributed by atoms with E-state index >= 15 is 0 Å². The number of piperidine rings is 1. The minimum atomic E-state index is -0.594. The van der Waals surface area contributed by atoms with E-state index in [4.69, 9.17) is 0 Å². The molecule has 2 rings (SSSR count). The van der Waals surface area contributed by atoms with Gasteiger partial charge in [0.2, 0.25) is 0 Å². The van der Waals surface area contributed by atoms with Crippen molar-refractivity contribution in [2.45, 2.75) is 51.4 Å². The predicted octanol–water partition coefficient (Wildman–Crippen LogP) is 2.12. The molecular formula is C10H18FN.